The van der Waals surface area contributed by atoms with Crippen LogP contribution in [0, 0.1) is 0 Å². The third kappa shape index (κ3) is 3.22. The molecule has 2 aliphatic rings. The molecular weight excluding hydrogens is 208 g/mol. The minimum Gasteiger partial charge on any atom is -0.462 e. The van der Waals surface area contributed by atoms with Gasteiger partial charge in [-0.05, 0) is 38.5 Å². The quantitative estimate of drug-likeness (QED) is 0.672. The molecule has 16 heavy (non-hydrogen) atoms. The molecule has 0 aromatic rings. The van der Waals surface area contributed by atoms with E-state index in [-0.39, 0.29) is 37.0 Å². The number of carbonyl (C=O) groups excluding carboxylic acids is 2. The van der Waals surface area contributed by atoms with Crippen molar-refractivity contribution in [1.82, 2.24) is 0 Å². The Kier molecular flexibility index (Phi) is 3.80. The van der Waals surface area contributed by atoms with Crippen molar-refractivity contribution in [3.63, 3.8) is 0 Å². The summed E-state index contributed by atoms with van der Waals surface area (Å²) >= 11 is 0. The minimum absolute atomic E-state index is 0.107. The predicted molar refractivity (Wildman–Crippen MR) is 56.7 cm³/mol. The van der Waals surface area contributed by atoms with Gasteiger partial charge in [0.2, 0.25) is 0 Å². The molecule has 0 aliphatic heterocycles. The molecule has 0 unspecified atom stereocenters. The van der Waals surface area contributed by atoms with Crippen LogP contribution in [0.25, 0.3) is 0 Å². The Morgan fingerprint density at radius 2 is 1.19 bits per heavy atom. The molecule has 0 radical (unpaired) electrons. The third-order valence-electron chi connectivity index (χ3n) is 3.23. The minimum atomic E-state index is -0.268. The van der Waals surface area contributed by atoms with Crippen LogP contribution in [0.4, 0.5) is 0 Å². The number of ether oxygens (including phenoxy) is 2. The summed E-state index contributed by atoms with van der Waals surface area (Å²) in [6.45, 7) is 0. The van der Waals surface area contributed by atoms with Crippen molar-refractivity contribution in [3.05, 3.63) is 0 Å². The van der Waals surface area contributed by atoms with Gasteiger partial charge in [0, 0.05) is 0 Å². The first-order chi connectivity index (χ1) is 7.74. The van der Waals surface area contributed by atoms with Crippen molar-refractivity contribution >= 4 is 11.9 Å². The van der Waals surface area contributed by atoms with Crippen LogP contribution < -0.4 is 0 Å². The second-order valence-corrected chi connectivity index (χ2v) is 4.59. The van der Waals surface area contributed by atoms with E-state index in [1.54, 1.807) is 0 Å². The fourth-order valence-corrected chi connectivity index (χ4v) is 1.67. The first-order valence-corrected chi connectivity index (χ1v) is 6.13. The number of hydrogen-bond donors (Lipinski definition) is 0. The van der Waals surface area contributed by atoms with Crippen molar-refractivity contribution in [2.45, 2.75) is 63.6 Å². The fourth-order valence-electron chi connectivity index (χ4n) is 1.67. The number of rotatable bonds is 5. The van der Waals surface area contributed by atoms with E-state index in [1.807, 2.05) is 0 Å². The lowest BCUT2D eigenvalue weighted by Gasteiger charge is -2.26. The Morgan fingerprint density at radius 3 is 1.44 bits per heavy atom. The summed E-state index contributed by atoms with van der Waals surface area (Å²) in [6.07, 6.45) is 6.69. The molecule has 2 rings (SSSR count). The Morgan fingerprint density at radius 1 is 0.812 bits per heavy atom. The van der Waals surface area contributed by atoms with Crippen LogP contribution in [0.1, 0.15) is 51.4 Å². The molecular formula is C12H18O4. The summed E-state index contributed by atoms with van der Waals surface area (Å²) in [7, 11) is 0. The van der Waals surface area contributed by atoms with Gasteiger partial charge in [-0.2, -0.15) is 0 Å². The first kappa shape index (κ1) is 11.4. The lowest BCUT2D eigenvalue weighted by molar-refractivity contribution is -0.160. The van der Waals surface area contributed by atoms with Gasteiger partial charge < -0.3 is 9.47 Å². The van der Waals surface area contributed by atoms with Crippen molar-refractivity contribution < 1.29 is 19.1 Å². The van der Waals surface area contributed by atoms with Crippen LogP contribution >= 0.6 is 0 Å². The normalized spacial score (nSPS) is 20.8. The van der Waals surface area contributed by atoms with Crippen molar-refractivity contribution in [3.8, 4) is 0 Å². The van der Waals surface area contributed by atoms with E-state index in [4.69, 9.17) is 9.47 Å². The van der Waals surface area contributed by atoms with Crippen LogP contribution in [0.15, 0.2) is 0 Å². The zero-order chi connectivity index (χ0) is 11.4. The Labute approximate surface area is 95.3 Å². The van der Waals surface area contributed by atoms with Gasteiger partial charge in [-0.25, -0.2) is 0 Å². The van der Waals surface area contributed by atoms with Crippen molar-refractivity contribution in [2.75, 3.05) is 0 Å². The van der Waals surface area contributed by atoms with Crippen LogP contribution in [0.3, 0.4) is 0 Å². The van der Waals surface area contributed by atoms with Crippen LogP contribution in [-0.2, 0) is 19.1 Å². The summed E-state index contributed by atoms with van der Waals surface area (Å²) in [6, 6.07) is 0. The second kappa shape index (κ2) is 5.32. The lowest BCUT2D eigenvalue weighted by atomic mass is 9.96. The summed E-state index contributed by atoms with van der Waals surface area (Å²) < 4.78 is 10.3. The van der Waals surface area contributed by atoms with E-state index in [0.29, 0.717) is 0 Å². The van der Waals surface area contributed by atoms with Gasteiger partial charge in [0.25, 0.3) is 0 Å². The SMILES string of the molecule is O=C(CCC(=O)OC1CCC1)OC1CCC1. The first-order valence-electron chi connectivity index (χ1n) is 6.13. The largest absolute Gasteiger partial charge is 0.462 e. The molecule has 0 N–H and O–H groups in total. The Hall–Kier alpha value is -1.06. The Balaban J connectivity index is 1.54. The average Bonchev–Trinajstić information content (AvgIpc) is 2.14. The maximum Gasteiger partial charge on any atom is 0.306 e. The van der Waals surface area contributed by atoms with E-state index >= 15 is 0 Å². The molecule has 0 spiro atoms. The Bertz CT molecular complexity index is 238. The summed E-state index contributed by atoms with van der Waals surface area (Å²) in [4.78, 5) is 22.6. The van der Waals surface area contributed by atoms with Gasteiger partial charge >= 0.3 is 11.9 Å². The molecule has 90 valence electrons. The molecule has 0 aromatic heterocycles. The summed E-state index contributed by atoms with van der Waals surface area (Å²) in [5, 5.41) is 0. The highest BCUT2D eigenvalue weighted by Crippen LogP contribution is 2.23. The molecule has 2 saturated carbocycles. The van der Waals surface area contributed by atoms with Crippen LogP contribution in [0.2, 0.25) is 0 Å². The molecule has 2 aliphatic carbocycles. The van der Waals surface area contributed by atoms with Crippen LogP contribution in [0.5, 0.6) is 0 Å². The highest BCUT2D eigenvalue weighted by atomic mass is 16.6. The molecule has 2 fully saturated rings. The number of carbonyl (C=O) groups is 2. The van der Waals surface area contributed by atoms with Gasteiger partial charge in [-0.1, -0.05) is 0 Å². The summed E-state index contributed by atoms with van der Waals surface area (Å²) in [5.74, 6) is -0.537. The second-order valence-electron chi connectivity index (χ2n) is 4.59. The molecule has 0 bridgehead atoms. The smallest absolute Gasteiger partial charge is 0.306 e. The third-order valence-corrected chi connectivity index (χ3v) is 3.23. The number of hydrogen-bond acceptors (Lipinski definition) is 4. The van der Waals surface area contributed by atoms with E-state index < -0.39 is 0 Å². The van der Waals surface area contributed by atoms with Gasteiger partial charge in [0.1, 0.15) is 12.2 Å². The van der Waals surface area contributed by atoms with E-state index in [0.717, 1.165) is 38.5 Å². The van der Waals surface area contributed by atoms with Crippen molar-refractivity contribution in [1.29, 1.82) is 0 Å². The highest BCUT2D eigenvalue weighted by molar-refractivity contribution is 5.77. The molecule has 0 atom stereocenters. The maximum absolute atomic E-state index is 11.3. The maximum atomic E-state index is 11.3. The zero-order valence-electron chi connectivity index (χ0n) is 9.44. The topological polar surface area (TPSA) is 52.6 Å². The monoisotopic (exact) mass is 226 g/mol. The summed E-state index contributed by atoms with van der Waals surface area (Å²) in [5.41, 5.74) is 0. The molecule has 4 heteroatoms. The van der Waals surface area contributed by atoms with E-state index in [2.05, 4.69) is 0 Å². The van der Waals surface area contributed by atoms with Gasteiger partial charge in [0.05, 0.1) is 12.8 Å². The van der Waals surface area contributed by atoms with E-state index in [9.17, 15) is 9.59 Å². The number of esters is 2. The van der Waals surface area contributed by atoms with Crippen LogP contribution in [-0.4, -0.2) is 24.1 Å². The van der Waals surface area contributed by atoms with Gasteiger partial charge in [-0.15, -0.1) is 0 Å². The molecule has 4 nitrogen and oxygen atoms in total. The zero-order valence-corrected chi connectivity index (χ0v) is 9.44. The standard InChI is InChI=1S/C12H18O4/c13-11(15-9-3-1-4-9)7-8-12(14)16-10-5-2-6-10/h9-10H,1-8H2. The lowest BCUT2D eigenvalue weighted by Crippen LogP contribution is -2.27. The fraction of sp³-hybridized carbons (Fsp3) is 0.833. The molecule has 0 saturated heterocycles. The van der Waals surface area contributed by atoms with Crippen molar-refractivity contribution in [2.24, 2.45) is 0 Å². The predicted octanol–water partition coefficient (Wildman–Crippen LogP) is 1.96. The van der Waals surface area contributed by atoms with Gasteiger partial charge in [-0.3, -0.25) is 9.59 Å². The highest BCUT2D eigenvalue weighted by Gasteiger charge is 2.24. The average molecular weight is 226 g/mol. The molecule has 0 aromatic carbocycles. The molecule has 0 amide bonds. The van der Waals surface area contributed by atoms with Gasteiger partial charge in [0.15, 0.2) is 0 Å². The molecule has 0 heterocycles. The van der Waals surface area contributed by atoms with E-state index in [1.165, 1.54) is 0 Å².